The zero-order valence-corrected chi connectivity index (χ0v) is 37.7. The molecular formula is C64H45N5. The summed E-state index contributed by atoms with van der Waals surface area (Å²) in [6.45, 7) is 0. The Balaban J connectivity index is 0.920. The summed E-state index contributed by atoms with van der Waals surface area (Å²) in [6, 6.07) is 96.2. The van der Waals surface area contributed by atoms with E-state index < -0.39 is 0 Å². The van der Waals surface area contributed by atoms with Crippen LogP contribution < -0.4 is 9.80 Å². The number of imidazole rings is 1. The Morgan fingerprint density at radius 2 is 0.623 bits per heavy atom. The zero-order valence-electron chi connectivity index (χ0n) is 37.7. The Kier molecular flexibility index (Phi) is 10.8. The highest BCUT2D eigenvalue weighted by Crippen LogP contribution is 2.41. The van der Waals surface area contributed by atoms with Crippen molar-refractivity contribution in [2.45, 2.75) is 0 Å². The highest BCUT2D eigenvalue weighted by molar-refractivity contribution is 6.09. The number of fused-ring (bicyclic) bond motifs is 3. The highest BCUT2D eigenvalue weighted by Gasteiger charge is 2.22. The second-order valence-electron chi connectivity index (χ2n) is 17.0. The minimum atomic E-state index is 0.862. The number of para-hydroxylation sites is 5. The Bertz CT molecular complexity index is 3570. The van der Waals surface area contributed by atoms with Crippen molar-refractivity contribution < 1.29 is 0 Å². The van der Waals surface area contributed by atoms with Gasteiger partial charge in [-0.25, -0.2) is 9.97 Å². The molecular weight excluding hydrogens is 839 g/mol. The van der Waals surface area contributed by atoms with Crippen molar-refractivity contribution in [1.82, 2.24) is 14.5 Å². The fraction of sp³-hybridized carbons (Fsp3) is 0. The average Bonchev–Trinajstić information content (AvgIpc) is 3.84. The molecule has 0 aliphatic rings. The van der Waals surface area contributed by atoms with Crippen LogP contribution in [0.25, 0.3) is 72.5 Å². The third-order valence-corrected chi connectivity index (χ3v) is 12.8. The summed E-state index contributed by atoms with van der Waals surface area (Å²) < 4.78 is 2.29. The van der Waals surface area contributed by atoms with Gasteiger partial charge in [0.1, 0.15) is 16.9 Å². The molecule has 0 spiro atoms. The Morgan fingerprint density at radius 1 is 0.275 bits per heavy atom. The van der Waals surface area contributed by atoms with Crippen molar-refractivity contribution in [3.8, 4) is 50.6 Å². The summed E-state index contributed by atoms with van der Waals surface area (Å²) in [5.41, 5.74) is 17.9. The van der Waals surface area contributed by atoms with Crippen molar-refractivity contribution in [3.05, 3.63) is 273 Å². The first-order valence-electron chi connectivity index (χ1n) is 23.3. The molecule has 0 fully saturated rings. The van der Waals surface area contributed by atoms with E-state index in [1.165, 1.54) is 0 Å². The summed E-state index contributed by atoms with van der Waals surface area (Å²) in [6.07, 6.45) is 0. The van der Waals surface area contributed by atoms with Crippen LogP contribution in [0.5, 0.6) is 0 Å². The fourth-order valence-electron chi connectivity index (χ4n) is 9.44. The van der Waals surface area contributed by atoms with E-state index in [-0.39, 0.29) is 0 Å². The largest absolute Gasteiger partial charge is 0.311 e. The number of anilines is 6. The van der Waals surface area contributed by atoms with Crippen molar-refractivity contribution in [3.63, 3.8) is 0 Å². The number of pyridine rings is 1. The Hall–Kier alpha value is -9.32. The summed E-state index contributed by atoms with van der Waals surface area (Å²) in [5.74, 6) is 0.862. The molecule has 0 saturated carbocycles. The van der Waals surface area contributed by atoms with E-state index in [0.717, 1.165) is 107 Å². The van der Waals surface area contributed by atoms with Crippen LogP contribution in [0.1, 0.15) is 0 Å². The van der Waals surface area contributed by atoms with Crippen LogP contribution in [0.3, 0.4) is 0 Å². The molecule has 0 N–H and O–H groups in total. The topological polar surface area (TPSA) is 37.2 Å². The van der Waals surface area contributed by atoms with Gasteiger partial charge in [-0.05, 0) is 113 Å². The quantitative estimate of drug-likeness (QED) is 0.130. The molecule has 326 valence electrons. The van der Waals surface area contributed by atoms with Gasteiger partial charge in [0.2, 0.25) is 0 Å². The first kappa shape index (κ1) is 41.1. The third kappa shape index (κ3) is 7.98. The van der Waals surface area contributed by atoms with Gasteiger partial charge in [0, 0.05) is 56.3 Å². The molecule has 0 radical (unpaired) electrons. The van der Waals surface area contributed by atoms with E-state index in [1.807, 2.05) is 0 Å². The first-order chi connectivity index (χ1) is 34.2. The summed E-state index contributed by atoms with van der Waals surface area (Å²) in [7, 11) is 0. The van der Waals surface area contributed by atoms with Gasteiger partial charge in [-0.1, -0.05) is 182 Å². The minimum absolute atomic E-state index is 0.862. The van der Waals surface area contributed by atoms with Crippen LogP contribution in [0.2, 0.25) is 0 Å². The molecule has 0 saturated heterocycles. The minimum Gasteiger partial charge on any atom is -0.311 e. The number of hydrogen-bond acceptors (Lipinski definition) is 4. The SMILES string of the molecule is c1ccc(-c2nc3c4ccccc4nc(-c4ccc(-c5ccc(N(c6ccccc6)c6ccccc6)cc5)cc4)c3n2-c2ccc(-c3ccc(N(c4ccccc4)c4ccccc4)cc3)cc2)cc1. The second kappa shape index (κ2) is 18.2. The van der Waals surface area contributed by atoms with E-state index in [9.17, 15) is 0 Å². The van der Waals surface area contributed by atoms with Crippen molar-refractivity contribution in [2.24, 2.45) is 0 Å². The van der Waals surface area contributed by atoms with E-state index in [4.69, 9.17) is 9.97 Å². The molecule has 69 heavy (non-hydrogen) atoms. The molecule has 12 aromatic rings. The number of nitrogens with zero attached hydrogens (tertiary/aromatic N) is 5. The Labute approximate surface area is 402 Å². The normalized spacial score (nSPS) is 11.2. The maximum Gasteiger partial charge on any atom is 0.145 e. The van der Waals surface area contributed by atoms with Crippen LogP contribution in [0.15, 0.2) is 273 Å². The van der Waals surface area contributed by atoms with E-state index in [2.05, 4.69) is 287 Å². The van der Waals surface area contributed by atoms with E-state index in [1.54, 1.807) is 0 Å². The number of benzene rings is 10. The monoisotopic (exact) mass is 883 g/mol. The first-order valence-corrected chi connectivity index (χ1v) is 23.3. The lowest BCUT2D eigenvalue weighted by Crippen LogP contribution is -2.09. The molecule has 0 unspecified atom stereocenters. The van der Waals surface area contributed by atoms with E-state index in [0.29, 0.717) is 0 Å². The van der Waals surface area contributed by atoms with Crippen LogP contribution in [0, 0.1) is 0 Å². The molecule has 0 aliphatic heterocycles. The maximum atomic E-state index is 5.48. The summed E-state index contributed by atoms with van der Waals surface area (Å²) in [5, 5.41) is 1.01. The van der Waals surface area contributed by atoms with Gasteiger partial charge in [0.25, 0.3) is 0 Å². The molecule has 2 aromatic heterocycles. The number of aromatic nitrogens is 3. The van der Waals surface area contributed by atoms with Crippen molar-refractivity contribution in [2.75, 3.05) is 9.80 Å². The molecule has 0 atom stereocenters. The van der Waals surface area contributed by atoms with Gasteiger partial charge >= 0.3 is 0 Å². The van der Waals surface area contributed by atoms with Gasteiger partial charge in [-0.2, -0.15) is 0 Å². The number of rotatable bonds is 11. The molecule has 5 heteroatoms. The van der Waals surface area contributed by atoms with Crippen molar-refractivity contribution >= 4 is 56.1 Å². The fourth-order valence-corrected chi connectivity index (χ4v) is 9.44. The second-order valence-corrected chi connectivity index (χ2v) is 17.0. The smallest absolute Gasteiger partial charge is 0.145 e. The van der Waals surface area contributed by atoms with Crippen LogP contribution in [-0.4, -0.2) is 14.5 Å². The molecule has 0 amide bonds. The van der Waals surface area contributed by atoms with Crippen LogP contribution in [0.4, 0.5) is 34.1 Å². The maximum absolute atomic E-state index is 5.48. The Morgan fingerprint density at radius 3 is 1.07 bits per heavy atom. The standard InChI is InChI=1S/C64H45N5/c1-6-18-51(19-7-1)64-66-62-59-28-16-17-29-60(59)65-61(50-32-30-46(31-33-50)47-34-40-56(41-35-47)67(52-20-8-2-9-21-52)53-22-10-3-11-23-53)63(62)69(64)58-44-38-49(39-45-58)48-36-42-57(43-37-48)68(54-24-12-4-13-25-54)55-26-14-5-15-27-55/h1-45H. The van der Waals surface area contributed by atoms with Gasteiger partial charge in [0.15, 0.2) is 0 Å². The average molecular weight is 884 g/mol. The summed E-state index contributed by atoms with van der Waals surface area (Å²) in [4.78, 5) is 15.5. The molecule has 10 aromatic carbocycles. The van der Waals surface area contributed by atoms with E-state index >= 15 is 0 Å². The molecule has 5 nitrogen and oxygen atoms in total. The zero-order chi connectivity index (χ0) is 45.9. The lowest BCUT2D eigenvalue weighted by Gasteiger charge is -2.25. The van der Waals surface area contributed by atoms with Gasteiger partial charge in [-0.3, -0.25) is 4.57 Å². The van der Waals surface area contributed by atoms with Gasteiger partial charge in [0.05, 0.1) is 11.2 Å². The molecule has 2 heterocycles. The summed E-state index contributed by atoms with van der Waals surface area (Å²) >= 11 is 0. The van der Waals surface area contributed by atoms with Crippen LogP contribution in [-0.2, 0) is 0 Å². The van der Waals surface area contributed by atoms with Crippen molar-refractivity contribution in [1.29, 1.82) is 0 Å². The third-order valence-electron chi connectivity index (χ3n) is 12.8. The predicted molar refractivity (Wildman–Crippen MR) is 287 cm³/mol. The predicted octanol–water partition coefficient (Wildman–Crippen LogP) is 17.2. The molecule has 12 rings (SSSR count). The molecule has 0 aliphatic carbocycles. The highest BCUT2D eigenvalue weighted by atomic mass is 15.1. The molecule has 0 bridgehead atoms. The van der Waals surface area contributed by atoms with Gasteiger partial charge < -0.3 is 9.80 Å². The van der Waals surface area contributed by atoms with Gasteiger partial charge in [-0.15, -0.1) is 0 Å². The lowest BCUT2D eigenvalue weighted by atomic mass is 10.0. The lowest BCUT2D eigenvalue weighted by molar-refractivity contribution is 1.10. The number of hydrogen-bond donors (Lipinski definition) is 0. The van der Waals surface area contributed by atoms with Crippen LogP contribution >= 0.6 is 0 Å².